The Bertz CT molecular complexity index is 756. The van der Waals surface area contributed by atoms with Crippen molar-refractivity contribution < 1.29 is 10.2 Å². The molecule has 3 aromatic rings. The maximum absolute atomic E-state index is 9.48. The third-order valence-electron chi connectivity index (χ3n) is 3.21. The summed E-state index contributed by atoms with van der Waals surface area (Å²) in [5.41, 5.74) is 3.68. The number of hydrogen-bond acceptors (Lipinski definition) is 5. The van der Waals surface area contributed by atoms with Gasteiger partial charge in [-0.05, 0) is 41.5 Å². The summed E-state index contributed by atoms with van der Waals surface area (Å²) in [6.07, 6.45) is 7.00. The standard InChI is InChI=1S/C17H15N3O2/c21-16-5-12(6-17(22)8-16)9-20-15-7-14(10-19-11-15)13-1-3-18-4-2-13/h1-8,10-11,20-22H,9H2. The minimum Gasteiger partial charge on any atom is -0.508 e. The van der Waals surface area contributed by atoms with Crippen molar-refractivity contribution >= 4 is 5.69 Å². The Labute approximate surface area is 127 Å². The Morgan fingerprint density at radius 3 is 2.27 bits per heavy atom. The smallest absolute Gasteiger partial charge is 0.119 e. The summed E-state index contributed by atoms with van der Waals surface area (Å²) in [5, 5.41) is 22.2. The zero-order chi connectivity index (χ0) is 15.4. The van der Waals surface area contributed by atoms with E-state index in [1.165, 1.54) is 6.07 Å². The summed E-state index contributed by atoms with van der Waals surface area (Å²) in [6, 6.07) is 10.3. The number of aromatic nitrogens is 2. The second kappa shape index (κ2) is 6.13. The van der Waals surface area contributed by atoms with Crippen molar-refractivity contribution in [1.29, 1.82) is 0 Å². The van der Waals surface area contributed by atoms with Gasteiger partial charge in [-0.2, -0.15) is 0 Å². The van der Waals surface area contributed by atoms with E-state index in [1.807, 2.05) is 18.2 Å². The Morgan fingerprint density at radius 2 is 1.55 bits per heavy atom. The van der Waals surface area contributed by atoms with E-state index in [4.69, 9.17) is 0 Å². The summed E-state index contributed by atoms with van der Waals surface area (Å²) in [7, 11) is 0. The molecule has 0 saturated heterocycles. The predicted molar refractivity (Wildman–Crippen MR) is 84.6 cm³/mol. The molecule has 2 heterocycles. The number of pyridine rings is 2. The quantitative estimate of drug-likeness (QED) is 0.688. The molecule has 0 amide bonds. The Morgan fingerprint density at radius 1 is 0.818 bits per heavy atom. The fourth-order valence-corrected chi connectivity index (χ4v) is 2.20. The van der Waals surface area contributed by atoms with E-state index >= 15 is 0 Å². The maximum Gasteiger partial charge on any atom is 0.119 e. The van der Waals surface area contributed by atoms with E-state index in [0.717, 1.165) is 22.4 Å². The lowest BCUT2D eigenvalue weighted by Crippen LogP contribution is -2.00. The summed E-state index contributed by atoms with van der Waals surface area (Å²) in [5.74, 6) is 0.0842. The number of anilines is 1. The lowest BCUT2D eigenvalue weighted by molar-refractivity contribution is 0.449. The average Bonchev–Trinajstić information content (AvgIpc) is 2.53. The molecule has 2 aromatic heterocycles. The van der Waals surface area contributed by atoms with Gasteiger partial charge >= 0.3 is 0 Å². The molecule has 0 radical (unpaired) electrons. The van der Waals surface area contributed by atoms with Crippen LogP contribution in [0.1, 0.15) is 5.56 Å². The number of nitrogens with one attached hydrogen (secondary N) is 1. The highest BCUT2D eigenvalue weighted by atomic mass is 16.3. The Balaban J connectivity index is 1.76. The van der Waals surface area contributed by atoms with Crippen molar-refractivity contribution in [3.8, 4) is 22.6 Å². The van der Waals surface area contributed by atoms with Gasteiger partial charge in [0.05, 0.1) is 5.69 Å². The molecule has 22 heavy (non-hydrogen) atoms. The number of hydrogen-bond donors (Lipinski definition) is 3. The molecule has 0 aliphatic carbocycles. The summed E-state index contributed by atoms with van der Waals surface area (Å²) >= 11 is 0. The largest absolute Gasteiger partial charge is 0.508 e. The molecule has 5 heteroatoms. The van der Waals surface area contributed by atoms with Gasteiger partial charge in [0.15, 0.2) is 0 Å². The minimum absolute atomic E-state index is 0.0421. The van der Waals surface area contributed by atoms with Crippen molar-refractivity contribution in [3.05, 3.63) is 66.7 Å². The fourth-order valence-electron chi connectivity index (χ4n) is 2.20. The van der Waals surface area contributed by atoms with Crippen LogP contribution in [0.2, 0.25) is 0 Å². The van der Waals surface area contributed by atoms with Crippen molar-refractivity contribution in [1.82, 2.24) is 9.97 Å². The highest BCUT2D eigenvalue weighted by Gasteiger charge is 2.02. The highest BCUT2D eigenvalue weighted by molar-refractivity contribution is 5.66. The molecule has 110 valence electrons. The first-order valence-corrected chi connectivity index (χ1v) is 6.82. The van der Waals surface area contributed by atoms with E-state index < -0.39 is 0 Å². The molecule has 0 atom stereocenters. The predicted octanol–water partition coefficient (Wildman–Crippen LogP) is 3.17. The lowest BCUT2D eigenvalue weighted by atomic mass is 10.1. The van der Waals surface area contributed by atoms with E-state index in [9.17, 15) is 10.2 Å². The van der Waals surface area contributed by atoms with Crippen LogP contribution < -0.4 is 5.32 Å². The van der Waals surface area contributed by atoms with Gasteiger partial charge in [0, 0.05) is 43.0 Å². The van der Waals surface area contributed by atoms with Gasteiger partial charge in [0.1, 0.15) is 11.5 Å². The van der Waals surface area contributed by atoms with Crippen LogP contribution in [-0.2, 0) is 6.54 Å². The van der Waals surface area contributed by atoms with Crippen LogP contribution in [0.25, 0.3) is 11.1 Å². The van der Waals surface area contributed by atoms with Gasteiger partial charge in [0.25, 0.3) is 0 Å². The minimum atomic E-state index is 0.0421. The third-order valence-corrected chi connectivity index (χ3v) is 3.21. The van der Waals surface area contributed by atoms with Crippen molar-refractivity contribution in [3.63, 3.8) is 0 Å². The first-order chi connectivity index (χ1) is 10.7. The Hall–Kier alpha value is -3.08. The molecule has 0 aliphatic rings. The van der Waals surface area contributed by atoms with Crippen molar-refractivity contribution in [2.45, 2.75) is 6.54 Å². The molecule has 3 N–H and O–H groups in total. The third kappa shape index (κ3) is 3.32. The molecular weight excluding hydrogens is 278 g/mol. The summed E-state index contributed by atoms with van der Waals surface area (Å²) in [4.78, 5) is 8.23. The van der Waals surface area contributed by atoms with E-state index in [-0.39, 0.29) is 11.5 Å². The molecule has 0 aliphatic heterocycles. The van der Waals surface area contributed by atoms with E-state index in [0.29, 0.717) is 6.54 Å². The topological polar surface area (TPSA) is 78.3 Å². The normalized spacial score (nSPS) is 10.4. The molecule has 5 nitrogen and oxygen atoms in total. The molecular formula is C17H15N3O2. The van der Waals surface area contributed by atoms with Crippen LogP contribution in [0, 0.1) is 0 Å². The Kier molecular flexibility index (Phi) is 3.87. The monoisotopic (exact) mass is 293 g/mol. The second-order valence-electron chi connectivity index (χ2n) is 4.91. The number of aromatic hydroxyl groups is 2. The van der Waals surface area contributed by atoms with Crippen LogP contribution in [0.15, 0.2) is 61.2 Å². The average molecular weight is 293 g/mol. The van der Waals surface area contributed by atoms with Gasteiger partial charge in [-0.3, -0.25) is 9.97 Å². The van der Waals surface area contributed by atoms with Crippen LogP contribution >= 0.6 is 0 Å². The number of rotatable bonds is 4. The second-order valence-corrected chi connectivity index (χ2v) is 4.91. The van der Waals surface area contributed by atoms with Gasteiger partial charge < -0.3 is 15.5 Å². The molecule has 0 saturated carbocycles. The number of phenols is 2. The van der Waals surface area contributed by atoms with Gasteiger partial charge in [-0.15, -0.1) is 0 Å². The van der Waals surface area contributed by atoms with Gasteiger partial charge in [0.2, 0.25) is 0 Å². The molecule has 3 rings (SSSR count). The number of benzene rings is 1. The number of phenolic OH excluding ortho intramolecular Hbond substituents is 2. The van der Waals surface area contributed by atoms with Gasteiger partial charge in [-0.1, -0.05) is 0 Å². The molecule has 0 unspecified atom stereocenters. The zero-order valence-corrected chi connectivity index (χ0v) is 11.8. The van der Waals surface area contributed by atoms with E-state index in [1.54, 1.807) is 36.9 Å². The first kappa shape index (κ1) is 13.9. The van der Waals surface area contributed by atoms with Crippen LogP contribution in [-0.4, -0.2) is 20.2 Å². The molecule has 0 spiro atoms. The first-order valence-electron chi connectivity index (χ1n) is 6.82. The molecule has 0 fully saturated rings. The SMILES string of the molecule is Oc1cc(O)cc(CNc2cncc(-c3ccncc3)c2)c1. The fraction of sp³-hybridized carbons (Fsp3) is 0.0588. The lowest BCUT2D eigenvalue weighted by Gasteiger charge is -2.09. The molecule has 0 bridgehead atoms. The van der Waals surface area contributed by atoms with Crippen molar-refractivity contribution in [2.75, 3.05) is 5.32 Å². The number of nitrogens with zero attached hydrogens (tertiary/aromatic N) is 2. The van der Waals surface area contributed by atoms with Crippen molar-refractivity contribution in [2.24, 2.45) is 0 Å². The van der Waals surface area contributed by atoms with E-state index in [2.05, 4.69) is 15.3 Å². The molecule has 1 aromatic carbocycles. The highest BCUT2D eigenvalue weighted by Crippen LogP contribution is 2.23. The van der Waals surface area contributed by atoms with Crippen LogP contribution in [0.3, 0.4) is 0 Å². The van der Waals surface area contributed by atoms with Crippen LogP contribution in [0.5, 0.6) is 11.5 Å². The summed E-state index contributed by atoms with van der Waals surface area (Å²) < 4.78 is 0. The zero-order valence-electron chi connectivity index (χ0n) is 11.8. The summed E-state index contributed by atoms with van der Waals surface area (Å²) in [6.45, 7) is 0.476. The van der Waals surface area contributed by atoms with Gasteiger partial charge in [-0.25, -0.2) is 0 Å². The van der Waals surface area contributed by atoms with Crippen LogP contribution in [0.4, 0.5) is 5.69 Å². The maximum atomic E-state index is 9.48.